The second-order valence-electron chi connectivity index (χ2n) is 9.09. The average molecular weight is 597 g/mol. The summed E-state index contributed by atoms with van der Waals surface area (Å²) >= 11 is 8.91. The lowest BCUT2D eigenvalue weighted by Gasteiger charge is -2.12. The van der Waals surface area contributed by atoms with Crippen LogP contribution in [-0.2, 0) is 29.0 Å². The molecule has 4 aromatic rings. The minimum absolute atomic E-state index is 0.159. The minimum atomic E-state index is -0.365. The van der Waals surface area contributed by atoms with E-state index in [1.165, 1.54) is 28.0 Å². The maximum atomic E-state index is 12.9. The molecule has 0 aliphatic heterocycles. The summed E-state index contributed by atoms with van der Waals surface area (Å²) < 4.78 is 13.2. The van der Waals surface area contributed by atoms with Crippen molar-refractivity contribution in [1.29, 1.82) is 0 Å². The molecule has 11 heteroatoms. The molecule has 2 aromatic heterocycles. The zero-order valence-electron chi connectivity index (χ0n) is 22.0. The fraction of sp³-hybridized carbons (Fsp3) is 0.310. The van der Waals surface area contributed by atoms with Crippen LogP contribution in [0, 0.1) is 0 Å². The number of halogens is 1. The van der Waals surface area contributed by atoms with Gasteiger partial charge in [0.1, 0.15) is 17.4 Å². The van der Waals surface area contributed by atoms with Gasteiger partial charge in [0.05, 0.1) is 12.2 Å². The minimum Gasteiger partial charge on any atom is -0.486 e. The first kappa shape index (κ1) is 28.2. The van der Waals surface area contributed by atoms with Crippen molar-refractivity contribution < 1.29 is 19.1 Å². The molecular formula is C29H29ClN4O4S2. The number of ether oxygens (including phenoxy) is 2. The van der Waals surface area contributed by atoms with Crippen molar-refractivity contribution in [2.75, 3.05) is 17.7 Å². The lowest BCUT2D eigenvalue weighted by molar-refractivity contribution is -0.115. The van der Waals surface area contributed by atoms with E-state index in [1.54, 1.807) is 31.2 Å². The van der Waals surface area contributed by atoms with Crippen molar-refractivity contribution in [3.63, 3.8) is 0 Å². The zero-order valence-corrected chi connectivity index (χ0v) is 24.4. The van der Waals surface area contributed by atoms with Crippen molar-refractivity contribution in [3.05, 3.63) is 81.4 Å². The van der Waals surface area contributed by atoms with Gasteiger partial charge in [0.25, 0.3) is 0 Å². The number of nitrogens with one attached hydrogen (secondary N) is 1. The summed E-state index contributed by atoms with van der Waals surface area (Å²) in [6, 6.07) is 16.9. The molecule has 0 bridgehead atoms. The number of aromatic nitrogens is 3. The number of aryl methyl sites for hydroxylation is 1. The van der Waals surface area contributed by atoms with E-state index in [2.05, 4.69) is 15.5 Å². The summed E-state index contributed by atoms with van der Waals surface area (Å²) in [4.78, 5) is 26.8. The van der Waals surface area contributed by atoms with Gasteiger partial charge in [0.15, 0.2) is 11.0 Å². The molecule has 1 amide bonds. The second kappa shape index (κ2) is 13.3. The molecule has 0 fully saturated rings. The third-order valence-electron chi connectivity index (χ3n) is 6.36. The van der Waals surface area contributed by atoms with Gasteiger partial charge in [-0.1, -0.05) is 41.6 Å². The Kier molecular flexibility index (Phi) is 9.41. The van der Waals surface area contributed by atoms with Crippen LogP contribution in [0.4, 0.5) is 5.00 Å². The summed E-state index contributed by atoms with van der Waals surface area (Å²) in [7, 11) is 0. The van der Waals surface area contributed by atoms with Crippen molar-refractivity contribution in [2.45, 2.75) is 50.8 Å². The number of hydrogen-bond acceptors (Lipinski definition) is 8. The average Bonchev–Trinajstić information content (AvgIpc) is 3.54. The van der Waals surface area contributed by atoms with Gasteiger partial charge >= 0.3 is 5.97 Å². The van der Waals surface area contributed by atoms with E-state index in [0.29, 0.717) is 44.7 Å². The van der Waals surface area contributed by atoms with Gasteiger partial charge in [-0.3, -0.25) is 9.36 Å². The van der Waals surface area contributed by atoms with E-state index in [-0.39, 0.29) is 24.9 Å². The molecule has 1 N–H and O–H groups in total. The van der Waals surface area contributed by atoms with E-state index < -0.39 is 0 Å². The Hall–Kier alpha value is -3.34. The van der Waals surface area contributed by atoms with Crippen LogP contribution in [0.15, 0.2) is 59.8 Å². The van der Waals surface area contributed by atoms with E-state index in [4.69, 9.17) is 21.1 Å². The molecule has 1 aliphatic rings. The van der Waals surface area contributed by atoms with Gasteiger partial charge in [0.2, 0.25) is 5.91 Å². The monoisotopic (exact) mass is 596 g/mol. The number of amides is 1. The van der Waals surface area contributed by atoms with Crippen molar-refractivity contribution in [2.24, 2.45) is 0 Å². The molecule has 0 radical (unpaired) electrons. The van der Waals surface area contributed by atoms with Crippen LogP contribution in [-0.4, -0.2) is 39.0 Å². The van der Waals surface area contributed by atoms with Gasteiger partial charge < -0.3 is 14.8 Å². The Morgan fingerprint density at radius 3 is 2.62 bits per heavy atom. The maximum Gasteiger partial charge on any atom is 0.341 e. The molecule has 0 saturated carbocycles. The largest absolute Gasteiger partial charge is 0.486 e. The van der Waals surface area contributed by atoms with Gasteiger partial charge in [-0.2, -0.15) is 0 Å². The van der Waals surface area contributed by atoms with Crippen LogP contribution in [0.3, 0.4) is 0 Å². The van der Waals surface area contributed by atoms with E-state index >= 15 is 0 Å². The van der Waals surface area contributed by atoms with Gasteiger partial charge in [0, 0.05) is 27.8 Å². The topological polar surface area (TPSA) is 95.3 Å². The number of fused-ring (bicyclic) bond motifs is 1. The molecule has 40 heavy (non-hydrogen) atoms. The molecule has 2 aromatic carbocycles. The normalized spacial score (nSPS) is 12.6. The van der Waals surface area contributed by atoms with Crippen LogP contribution in [0.2, 0.25) is 5.02 Å². The van der Waals surface area contributed by atoms with Crippen molar-refractivity contribution >= 4 is 51.6 Å². The molecule has 1 aliphatic carbocycles. The number of carbonyl (C=O) groups excluding carboxylic acids is 2. The van der Waals surface area contributed by atoms with Crippen LogP contribution in [0.25, 0.3) is 5.69 Å². The van der Waals surface area contributed by atoms with E-state index in [1.807, 2.05) is 34.9 Å². The highest BCUT2D eigenvalue weighted by atomic mass is 35.5. The number of nitrogens with zero attached hydrogens (tertiary/aromatic N) is 3. The van der Waals surface area contributed by atoms with Gasteiger partial charge in [-0.15, -0.1) is 21.5 Å². The number of rotatable bonds is 11. The maximum absolute atomic E-state index is 12.9. The van der Waals surface area contributed by atoms with Crippen LogP contribution in [0.5, 0.6) is 5.75 Å². The Morgan fingerprint density at radius 2 is 1.85 bits per heavy atom. The van der Waals surface area contributed by atoms with E-state index in [9.17, 15) is 9.59 Å². The van der Waals surface area contributed by atoms with Crippen LogP contribution >= 0.6 is 34.7 Å². The number of anilines is 1. The fourth-order valence-corrected chi connectivity index (χ4v) is 6.83. The predicted molar refractivity (Wildman–Crippen MR) is 158 cm³/mol. The second-order valence-corrected chi connectivity index (χ2v) is 11.7. The van der Waals surface area contributed by atoms with Gasteiger partial charge in [-0.05, 0) is 74.6 Å². The number of carbonyl (C=O) groups is 2. The highest BCUT2D eigenvalue weighted by molar-refractivity contribution is 7.99. The van der Waals surface area contributed by atoms with Crippen molar-refractivity contribution in [3.8, 4) is 11.4 Å². The molecule has 0 saturated heterocycles. The number of para-hydroxylation sites is 1. The first-order valence-corrected chi connectivity index (χ1v) is 15.3. The number of esters is 1. The van der Waals surface area contributed by atoms with Gasteiger partial charge in [-0.25, -0.2) is 4.79 Å². The number of hydrogen-bond donors (Lipinski definition) is 1. The smallest absolute Gasteiger partial charge is 0.341 e. The highest BCUT2D eigenvalue weighted by Crippen LogP contribution is 2.38. The van der Waals surface area contributed by atoms with Crippen LogP contribution in [0.1, 0.15) is 52.8 Å². The summed E-state index contributed by atoms with van der Waals surface area (Å²) in [6.07, 6.45) is 4.14. The summed E-state index contributed by atoms with van der Waals surface area (Å²) in [6.45, 7) is 2.29. The summed E-state index contributed by atoms with van der Waals surface area (Å²) in [5.41, 5.74) is 2.46. The van der Waals surface area contributed by atoms with Crippen LogP contribution < -0.4 is 10.1 Å². The molecule has 2 heterocycles. The molecule has 8 nitrogen and oxygen atoms in total. The Morgan fingerprint density at radius 1 is 1.07 bits per heavy atom. The zero-order chi connectivity index (χ0) is 27.9. The third kappa shape index (κ3) is 6.68. The molecule has 0 spiro atoms. The lowest BCUT2D eigenvalue weighted by atomic mass is 9.95. The first-order chi connectivity index (χ1) is 19.5. The molecule has 0 atom stereocenters. The quantitative estimate of drug-likeness (QED) is 0.151. The Bertz CT molecular complexity index is 1470. The molecular weight excluding hydrogens is 568 g/mol. The van der Waals surface area contributed by atoms with E-state index in [0.717, 1.165) is 36.9 Å². The number of thioether (sulfide) groups is 1. The Labute approximate surface area is 246 Å². The van der Waals surface area contributed by atoms with Crippen molar-refractivity contribution in [1.82, 2.24) is 14.8 Å². The predicted octanol–water partition coefficient (Wildman–Crippen LogP) is 6.74. The Balaban J connectivity index is 1.26. The standard InChI is InChI=1S/C29H29ClN4O4S2/c1-2-37-28(36)26-22-10-6-7-11-23(22)40-27(26)31-25(35)16-17-39-29-33-32-24(34(29)20-8-4-3-5-9-20)18-38-21-14-12-19(30)13-15-21/h3-5,8-9,12-15H,2,6-7,10-11,16-18H2,1H3,(H,31,35). The molecule has 5 rings (SSSR count). The molecule has 0 unspecified atom stereocenters. The summed E-state index contributed by atoms with van der Waals surface area (Å²) in [5.74, 6) is 1.27. The SMILES string of the molecule is CCOC(=O)c1c(NC(=O)CCSc2nnc(COc3ccc(Cl)cc3)n2-c2ccccc2)sc2c1CCCC2. The number of thiophene rings is 1. The fourth-order valence-electron chi connectivity index (χ4n) is 4.50. The highest BCUT2D eigenvalue weighted by Gasteiger charge is 2.27. The third-order valence-corrected chi connectivity index (χ3v) is 8.75. The lowest BCUT2D eigenvalue weighted by Crippen LogP contribution is -2.16. The summed E-state index contributed by atoms with van der Waals surface area (Å²) in [5, 5.41) is 13.6. The number of benzene rings is 2. The molecule has 208 valence electrons. The first-order valence-electron chi connectivity index (χ1n) is 13.2.